The van der Waals surface area contributed by atoms with Crippen molar-refractivity contribution in [1.29, 1.82) is 0 Å². The lowest BCUT2D eigenvalue weighted by Gasteiger charge is -2.10. The summed E-state index contributed by atoms with van der Waals surface area (Å²) in [4.78, 5) is 9.55. The SMILES string of the molecule is CC(N[C]=O)[S+](C)[O-]. The van der Waals surface area contributed by atoms with Crippen molar-refractivity contribution in [2.45, 2.75) is 12.3 Å². The molecular formula is C4H8NO2S. The smallest absolute Gasteiger partial charge is 0.313 e. The number of hydrogen-bond acceptors (Lipinski definition) is 2. The van der Waals surface area contributed by atoms with Gasteiger partial charge in [-0.15, -0.1) is 0 Å². The summed E-state index contributed by atoms with van der Waals surface area (Å²) in [6, 6.07) is 0. The Morgan fingerprint density at radius 1 is 1.88 bits per heavy atom. The van der Waals surface area contributed by atoms with E-state index in [0.29, 0.717) is 0 Å². The molecule has 4 heteroatoms. The first-order valence-corrected chi connectivity index (χ1v) is 3.75. The Bertz CT molecular complexity index is 76.4. The van der Waals surface area contributed by atoms with E-state index < -0.39 is 11.2 Å². The number of carbonyl (C=O) groups excluding carboxylic acids is 1. The molecule has 2 atom stereocenters. The van der Waals surface area contributed by atoms with E-state index in [4.69, 9.17) is 0 Å². The second-order valence-electron chi connectivity index (χ2n) is 1.39. The van der Waals surface area contributed by atoms with Crippen molar-refractivity contribution in [2.24, 2.45) is 0 Å². The molecular weight excluding hydrogens is 126 g/mol. The molecule has 2 unspecified atom stereocenters. The summed E-state index contributed by atoms with van der Waals surface area (Å²) in [5.74, 6) is 0. The van der Waals surface area contributed by atoms with Crippen molar-refractivity contribution >= 4 is 17.6 Å². The Kier molecular flexibility index (Phi) is 3.64. The van der Waals surface area contributed by atoms with Crippen LogP contribution >= 0.6 is 0 Å². The largest absolute Gasteiger partial charge is 0.615 e. The molecule has 0 aromatic rings. The molecule has 0 aliphatic heterocycles. The second-order valence-corrected chi connectivity index (χ2v) is 3.09. The third-order valence-corrected chi connectivity index (χ3v) is 1.87. The molecule has 0 aromatic carbocycles. The fraction of sp³-hybridized carbons (Fsp3) is 0.750. The zero-order valence-electron chi connectivity index (χ0n) is 4.80. The van der Waals surface area contributed by atoms with E-state index in [1.54, 1.807) is 6.92 Å². The predicted molar refractivity (Wildman–Crippen MR) is 32.4 cm³/mol. The van der Waals surface area contributed by atoms with Gasteiger partial charge in [0.1, 0.15) is 0 Å². The van der Waals surface area contributed by atoms with Gasteiger partial charge in [-0.05, 0) is 11.2 Å². The van der Waals surface area contributed by atoms with E-state index in [-0.39, 0.29) is 5.37 Å². The highest BCUT2D eigenvalue weighted by Crippen LogP contribution is 1.89. The van der Waals surface area contributed by atoms with Gasteiger partial charge in [-0.2, -0.15) is 0 Å². The van der Waals surface area contributed by atoms with Gasteiger partial charge >= 0.3 is 6.41 Å². The van der Waals surface area contributed by atoms with Gasteiger partial charge in [-0.3, -0.25) is 4.79 Å². The summed E-state index contributed by atoms with van der Waals surface area (Å²) in [6.45, 7) is 1.65. The number of hydrogen-bond donors (Lipinski definition) is 1. The highest BCUT2D eigenvalue weighted by atomic mass is 32.2. The first-order valence-electron chi connectivity index (χ1n) is 2.13. The Balaban J connectivity index is 3.30. The third kappa shape index (κ3) is 2.87. The quantitative estimate of drug-likeness (QED) is 0.412. The molecule has 0 spiro atoms. The molecule has 1 amide bonds. The Labute approximate surface area is 51.6 Å². The van der Waals surface area contributed by atoms with Gasteiger partial charge in [0, 0.05) is 6.92 Å². The lowest BCUT2D eigenvalue weighted by atomic mass is 10.8. The molecule has 0 heterocycles. The number of nitrogens with one attached hydrogen (secondary N) is 1. The molecule has 0 fully saturated rings. The van der Waals surface area contributed by atoms with Gasteiger partial charge in [0.05, 0.1) is 6.26 Å². The van der Waals surface area contributed by atoms with Crippen LogP contribution in [0, 0.1) is 0 Å². The lowest BCUT2D eigenvalue weighted by molar-refractivity contribution is 0.534. The van der Waals surface area contributed by atoms with Crippen LogP contribution in [0.4, 0.5) is 0 Å². The minimum Gasteiger partial charge on any atom is -0.615 e. The van der Waals surface area contributed by atoms with E-state index in [0.717, 1.165) is 0 Å². The van der Waals surface area contributed by atoms with Gasteiger partial charge in [-0.1, -0.05) is 0 Å². The van der Waals surface area contributed by atoms with Crippen molar-refractivity contribution in [2.75, 3.05) is 6.26 Å². The van der Waals surface area contributed by atoms with Crippen LogP contribution in [-0.4, -0.2) is 22.6 Å². The molecule has 0 aromatic heterocycles. The number of rotatable bonds is 3. The first kappa shape index (κ1) is 7.78. The Morgan fingerprint density at radius 2 is 2.38 bits per heavy atom. The van der Waals surface area contributed by atoms with E-state index in [9.17, 15) is 9.35 Å². The molecule has 1 radical (unpaired) electrons. The highest BCUT2D eigenvalue weighted by Gasteiger charge is 2.07. The molecule has 47 valence electrons. The summed E-state index contributed by atoms with van der Waals surface area (Å²) in [7, 11) is 0. The summed E-state index contributed by atoms with van der Waals surface area (Å²) in [5, 5.41) is 1.95. The maximum absolute atomic E-state index is 10.4. The van der Waals surface area contributed by atoms with E-state index >= 15 is 0 Å². The van der Waals surface area contributed by atoms with Crippen LogP contribution in [0.5, 0.6) is 0 Å². The third-order valence-electron chi connectivity index (χ3n) is 0.760. The lowest BCUT2D eigenvalue weighted by Crippen LogP contribution is -2.31. The fourth-order valence-corrected chi connectivity index (χ4v) is 0.380. The second kappa shape index (κ2) is 3.74. The molecule has 0 aliphatic rings. The van der Waals surface area contributed by atoms with Crippen LogP contribution in [0.1, 0.15) is 6.92 Å². The highest BCUT2D eigenvalue weighted by molar-refractivity contribution is 7.91. The predicted octanol–water partition coefficient (Wildman–Crippen LogP) is -0.632. The van der Waals surface area contributed by atoms with Crippen LogP contribution in [0.25, 0.3) is 0 Å². The standard InChI is InChI=1S/C4H8NO2S/c1-4(5-3-6)8(2)7/h4H,1-2H3,(H,5,6). The minimum absolute atomic E-state index is 0.285. The molecule has 0 rings (SSSR count). The van der Waals surface area contributed by atoms with Crippen molar-refractivity contribution in [3.8, 4) is 0 Å². The van der Waals surface area contributed by atoms with Crippen LogP contribution < -0.4 is 5.32 Å². The normalized spacial score (nSPS) is 16.9. The first-order chi connectivity index (χ1) is 3.68. The maximum atomic E-state index is 10.4. The molecule has 0 bridgehead atoms. The summed E-state index contributed by atoms with van der Waals surface area (Å²) in [5.41, 5.74) is 0. The van der Waals surface area contributed by atoms with E-state index in [2.05, 4.69) is 5.32 Å². The summed E-state index contributed by atoms with van der Waals surface area (Å²) in [6.07, 6.45) is 2.98. The van der Waals surface area contributed by atoms with Gasteiger partial charge < -0.3 is 9.87 Å². The van der Waals surface area contributed by atoms with Gasteiger partial charge in [-0.25, -0.2) is 0 Å². The molecule has 3 nitrogen and oxygen atoms in total. The van der Waals surface area contributed by atoms with Gasteiger partial charge in [0.25, 0.3) is 0 Å². The maximum Gasteiger partial charge on any atom is 0.313 e. The Hall–Kier alpha value is -0.220. The van der Waals surface area contributed by atoms with Crippen LogP contribution in [0.2, 0.25) is 0 Å². The topological polar surface area (TPSA) is 52.2 Å². The van der Waals surface area contributed by atoms with Crippen molar-refractivity contribution in [3.05, 3.63) is 0 Å². The zero-order chi connectivity index (χ0) is 6.57. The molecule has 1 N–H and O–H groups in total. The Morgan fingerprint density at radius 3 is 2.50 bits per heavy atom. The van der Waals surface area contributed by atoms with E-state index in [1.807, 2.05) is 0 Å². The molecule has 0 aliphatic carbocycles. The van der Waals surface area contributed by atoms with Crippen LogP contribution in [0.3, 0.4) is 0 Å². The van der Waals surface area contributed by atoms with Crippen molar-refractivity contribution in [1.82, 2.24) is 5.32 Å². The average Bonchev–Trinajstić information content (AvgIpc) is 1.67. The monoisotopic (exact) mass is 134 g/mol. The van der Waals surface area contributed by atoms with E-state index in [1.165, 1.54) is 12.7 Å². The summed E-state index contributed by atoms with van der Waals surface area (Å²) < 4.78 is 10.4. The summed E-state index contributed by atoms with van der Waals surface area (Å²) >= 11 is -0.984. The van der Waals surface area contributed by atoms with Gasteiger partial charge in [0.2, 0.25) is 0 Å². The van der Waals surface area contributed by atoms with Crippen LogP contribution in [-0.2, 0) is 16.0 Å². The number of amides is 1. The zero-order valence-corrected chi connectivity index (χ0v) is 5.62. The van der Waals surface area contributed by atoms with Crippen LogP contribution in [0.15, 0.2) is 0 Å². The fourth-order valence-electron chi connectivity index (χ4n) is 0.166. The molecule has 8 heavy (non-hydrogen) atoms. The molecule has 0 saturated carbocycles. The average molecular weight is 134 g/mol. The van der Waals surface area contributed by atoms with Crippen molar-refractivity contribution < 1.29 is 9.35 Å². The van der Waals surface area contributed by atoms with Gasteiger partial charge in [0.15, 0.2) is 5.37 Å². The van der Waals surface area contributed by atoms with Crippen molar-refractivity contribution in [3.63, 3.8) is 0 Å². The minimum atomic E-state index is -0.984. The molecule has 0 saturated heterocycles.